The fourth-order valence-corrected chi connectivity index (χ4v) is 3.44. The summed E-state index contributed by atoms with van der Waals surface area (Å²) in [4.78, 5) is 4.41. The molecule has 0 amide bonds. The van der Waals surface area contributed by atoms with Crippen LogP contribution in [0.25, 0.3) is 0 Å². The summed E-state index contributed by atoms with van der Waals surface area (Å²) in [6.45, 7) is 5.70. The second-order valence-electron chi connectivity index (χ2n) is 4.36. The van der Waals surface area contributed by atoms with Crippen molar-refractivity contribution in [3.63, 3.8) is 0 Å². The maximum Gasteiger partial charge on any atom is 0.191 e. The van der Waals surface area contributed by atoms with Crippen molar-refractivity contribution in [3.8, 4) is 0 Å². The molecule has 1 saturated heterocycles. The molecule has 0 bridgehead atoms. The smallest absolute Gasteiger partial charge is 0.191 e. The van der Waals surface area contributed by atoms with Crippen LogP contribution in [0.4, 0.5) is 0 Å². The average molecular weight is 261 g/mol. The van der Waals surface area contributed by atoms with E-state index in [1.54, 1.807) is 0 Å². The van der Waals surface area contributed by atoms with Gasteiger partial charge in [0.2, 0.25) is 0 Å². The minimum atomic E-state index is -2.83. The van der Waals surface area contributed by atoms with E-state index >= 15 is 0 Å². The van der Waals surface area contributed by atoms with Gasteiger partial charge in [0.1, 0.15) is 0 Å². The normalized spacial score (nSPS) is 23.6. The molecule has 0 aromatic carbocycles. The van der Waals surface area contributed by atoms with Crippen LogP contribution in [0.15, 0.2) is 4.99 Å². The Labute approximate surface area is 104 Å². The molecule has 1 aliphatic heterocycles. The summed E-state index contributed by atoms with van der Waals surface area (Å²) < 4.78 is 22.7. The third-order valence-corrected chi connectivity index (χ3v) is 4.47. The van der Waals surface area contributed by atoms with Crippen molar-refractivity contribution in [3.05, 3.63) is 0 Å². The highest BCUT2D eigenvalue weighted by atomic mass is 32.2. The van der Waals surface area contributed by atoms with Crippen LogP contribution in [0.2, 0.25) is 0 Å². The molecule has 17 heavy (non-hydrogen) atoms. The molecule has 5 nitrogen and oxygen atoms in total. The van der Waals surface area contributed by atoms with Gasteiger partial charge in [0, 0.05) is 19.1 Å². The predicted molar refractivity (Wildman–Crippen MR) is 71.1 cm³/mol. The number of aliphatic imine (C=N–C) groups is 1. The van der Waals surface area contributed by atoms with E-state index in [1.165, 1.54) is 0 Å². The Bertz CT molecular complexity index is 352. The molecule has 0 aromatic heterocycles. The van der Waals surface area contributed by atoms with Crippen molar-refractivity contribution >= 4 is 15.8 Å². The molecule has 1 rings (SSSR count). The van der Waals surface area contributed by atoms with Crippen molar-refractivity contribution < 1.29 is 8.42 Å². The van der Waals surface area contributed by atoms with E-state index in [0.717, 1.165) is 31.9 Å². The minimum absolute atomic E-state index is 0.0134. The monoisotopic (exact) mass is 261 g/mol. The van der Waals surface area contributed by atoms with E-state index in [1.807, 2.05) is 6.92 Å². The Morgan fingerprint density at radius 1 is 1.41 bits per heavy atom. The fourth-order valence-electron chi connectivity index (χ4n) is 1.77. The van der Waals surface area contributed by atoms with Crippen LogP contribution >= 0.6 is 0 Å². The Kier molecular flexibility index (Phi) is 5.74. The zero-order valence-corrected chi connectivity index (χ0v) is 11.5. The lowest BCUT2D eigenvalue weighted by Crippen LogP contribution is -2.44. The van der Waals surface area contributed by atoms with Gasteiger partial charge in [-0.3, -0.25) is 4.99 Å². The van der Waals surface area contributed by atoms with Gasteiger partial charge in [0.05, 0.1) is 11.5 Å². The maximum atomic E-state index is 11.3. The van der Waals surface area contributed by atoms with Crippen LogP contribution in [0.1, 0.15) is 33.1 Å². The van der Waals surface area contributed by atoms with Gasteiger partial charge < -0.3 is 10.6 Å². The van der Waals surface area contributed by atoms with E-state index in [-0.39, 0.29) is 11.8 Å². The first-order valence-corrected chi connectivity index (χ1v) is 8.14. The van der Waals surface area contributed by atoms with Crippen molar-refractivity contribution in [2.24, 2.45) is 4.99 Å². The first-order valence-electron chi connectivity index (χ1n) is 6.32. The van der Waals surface area contributed by atoms with Crippen molar-refractivity contribution in [2.75, 3.05) is 24.6 Å². The summed E-state index contributed by atoms with van der Waals surface area (Å²) in [6.07, 6.45) is 2.85. The van der Waals surface area contributed by atoms with Gasteiger partial charge in [0.25, 0.3) is 0 Å². The highest BCUT2D eigenvalue weighted by Crippen LogP contribution is 2.10. The molecule has 0 aliphatic carbocycles. The largest absolute Gasteiger partial charge is 0.357 e. The van der Waals surface area contributed by atoms with Crippen LogP contribution in [0.5, 0.6) is 0 Å². The first-order chi connectivity index (χ1) is 8.07. The number of sulfone groups is 1. The molecule has 6 heteroatoms. The Morgan fingerprint density at radius 2 is 2.18 bits per heavy atom. The summed E-state index contributed by atoms with van der Waals surface area (Å²) in [6, 6.07) is 0.0134. The fraction of sp³-hybridized carbons (Fsp3) is 0.909. The van der Waals surface area contributed by atoms with Crippen LogP contribution in [-0.4, -0.2) is 45.0 Å². The summed E-state index contributed by atoms with van der Waals surface area (Å²) >= 11 is 0. The quantitative estimate of drug-likeness (QED) is 0.430. The number of hydrogen-bond donors (Lipinski definition) is 2. The zero-order valence-electron chi connectivity index (χ0n) is 10.7. The summed E-state index contributed by atoms with van der Waals surface area (Å²) in [5.74, 6) is 1.26. The Morgan fingerprint density at radius 3 is 2.71 bits per heavy atom. The molecular weight excluding hydrogens is 238 g/mol. The highest BCUT2D eigenvalue weighted by molar-refractivity contribution is 7.91. The number of nitrogens with zero attached hydrogens (tertiary/aromatic N) is 1. The summed E-state index contributed by atoms with van der Waals surface area (Å²) in [7, 11) is -2.83. The molecule has 100 valence electrons. The van der Waals surface area contributed by atoms with Gasteiger partial charge in [-0.1, -0.05) is 13.3 Å². The van der Waals surface area contributed by atoms with E-state index in [4.69, 9.17) is 0 Å². The van der Waals surface area contributed by atoms with Crippen LogP contribution < -0.4 is 10.6 Å². The molecule has 1 atom stereocenters. The van der Waals surface area contributed by atoms with E-state index in [9.17, 15) is 8.42 Å². The summed E-state index contributed by atoms with van der Waals surface area (Å²) in [5, 5.41) is 6.33. The summed E-state index contributed by atoms with van der Waals surface area (Å²) in [5.41, 5.74) is 0. The lowest BCUT2D eigenvalue weighted by atomic mass is 10.3. The highest BCUT2D eigenvalue weighted by Gasteiger charge is 2.28. The molecule has 0 spiro atoms. The lowest BCUT2D eigenvalue weighted by molar-refractivity contribution is 0.599. The standard InChI is InChI=1S/C11H23N3O2S/c1-3-5-7-13-11(12-4-2)14-10-6-8-17(15,16)9-10/h10H,3-9H2,1-2H3,(H2,12,13,14). The Hall–Kier alpha value is -0.780. The average Bonchev–Trinajstić information content (AvgIpc) is 2.59. The Balaban J connectivity index is 2.46. The van der Waals surface area contributed by atoms with Crippen molar-refractivity contribution in [1.82, 2.24) is 10.6 Å². The molecule has 0 radical (unpaired) electrons. The topological polar surface area (TPSA) is 70.6 Å². The third kappa shape index (κ3) is 5.39. The molecular formula is C11H23N3O2S. The molecule has 1 unspecified atom stereocenters. The van der Waals surface area contributed by atoms with Gasteiger partial charge in [-0.15, -0.1) is 0 Å². The van der Waals surface area contributed by atoms with Crippen LogP contribution in [0.3, 0.4) is 0 Å². The second kappa shape index (κ2) is 6.83. The minimum Gasteiger partial charge on any atom is -0.357 e. The van der Waals surface area contributed by atoms with Crippen LogP contribution in [0, 0.1) is 0 Å². The molecule has 1 fully saturated rings. The molecule has 2 N–H and O–H groups in total. The van der Waals surface area contributed by atoms with Gasteiger partial charge in [-0.2, -0.15) is 0 Å². The maximum absolute atomic E-state index is 11.3. The first kappa shape index (κ1) is 14.3. The number of nitrogens with one attached hydrogen (secondary N) is 2. The van der Waals surface area contributed by atoms with Crippen LogP contribution in [-0.2, 0) is 9.84 Å². The van der Waals surface area contributed by atoms with Crippen molar-refractivity contribution in [1.29, 1.82) is 0 Å². The van der Waals surface area contributed by atoms with Gasteiger partial charge in [0.15, 0.2) is 15.8 Å². The van der Waals surface area contributed by atoms with Crippen molar-refractivity contribution in [2.45, 2.75) is 39.2 Å². The molecule has 1 heterocycles. The molecule has 0 saturated carbocycles. The molecule has 1 aliphatic rings. The van der Waals surface area contributed by atoms with Gasteiger partial charge >= 0.3 is 0 Å². The number of hydrogen-bond acceptors (Lipinski definition) is 3. The lowest BCUT2D eigenvalue weighted by Gasteiger charge is -2.15. The van der Waals surface area contributed by atoms with Gasteiger partial charge in [-0.25, -0.2) is 8.42 Å². The second-order valence-corrected chi connectivity index (χ2v) is 6.59. The van der Waals surface area contributed by atoms with E-state index < -0.39 is 9.84 Å². The SMILES string of the molecule is CCCCN=C(NCC)NC1CCS(=O)(=O)C1. The number of unbranched alkanes of at least 4 members (excludes halogenated alkanes) is 1. The third-order valence-electron chi connectivity index (χ3n) is 2.70. The zero-order chi connectivity index (χ0) is 12.7. The predicted octanol–water partition coefficient (Wildman–Crippen LogP) is 0.529. The van der Waals surface area contributed by atoms with Gasteiger partial charge in [-0.05, 0) is 19.8 Å². The van der Waals surface area contributed by atoms with E-state index in [0.29, 0.717) is 12.2 Å². The number of rotatable bonds is 5. The molecule has 0 aromatic rings. The van der Waals surface area contributed by atoms with E-state index in [2.05, 4.69) is 22.5 Å². The number of guanidine groups is 1.